The first kappa shape index (κ1) is 18.5. The van der Waals surface area contributed by atoms with Gasteiger partial charge in [0.2, 0.25) is 11.1 Å². The molecule has 0 saturated heterocycles. The summed E-state index contributed by atoms with van der Waals surface area (Å²) in [6, 6.07) is 15.7. The molecule has 6 nitrogen and oxygen atoms in total. The standard InChI is InChI=1S/C18H19N5OS2/c1-12-7-6-8-14(11-12)23-18(20-21-22-23)26-13(2)17(24)19-15-9-4-5-10-16(15)25-3/h4-11,13H,1-3H3,(H,19,24). The molecule has 1 N–H and O–H groups in total. The number of benzene rings is 2. The zero-order valence-corrected chi connectivity index (χ0v) is 16.3. The van der Waals surface area contributed by atoms with Crippen molar-refractivity contribution in [3.8, 4) is 5.69 Å². The van der Waals surface area contributed by atoms with E-state index in [1.165, 1.54) is 11.8 Å². The van der Waals surface area contributed by atoms with Gasteiger partial charge in [-0.25, -0.2) is 0 Å². The lowest BCUT2D eigenvalue weighted by atomic mass is 10.2. The largest absolute Gasteiger partial charge is 0.324 e. The molecule has 1 unspecified atom stereocenters. The van der Waals surface area contributed by atoms with Crippen LogP contribution >= 0.6 is 23.5 Å². The van der Waals surface area contributed by atoms with E-state index in [2.05, 4.69) is 20.8 Å². The monoisotopic (exact) mass is 385 g/mol. The number of nitrogens with one attached hydrogen (secondary N) is 1. The van der Waals surface area contributed by atoms with Gasteiger partial charge >= 0.3 is 0 Å². The number of rotatable bonds is 6. The maximum atomic E-state index is 12.6. The third kappa shape index (κ3) is 4.25. The van der Waals surface area contributed by atoms with Crippen molar-refractivity contribution in [1.82, 2.24) is 20.2 Å². The number of thioether (sulfide) groups is 2. The molecule has 0 aliphatic rings. The molecule has 3 rings (SSSR count). The summed E-state index contributed by atoms with van der Waals surface area (Å²) in [5.74, 6) is -0.0877. The van der Waals surface area contributed by atoms with Crippen LogP contribution in [0.4, 0.5) is 5.69 Å². The van der Waals surface area contributed by atoms with E-state index in [1.807, 2.05) is 68.6 Å². The highest BCUT2D eigenvalue weighted by Crippen LogP contribution is 2.27. The summed E-state index contributed by atoms with van der Waals surface area (Å²) in [4.78, 5) is 13.6. The zero-order chi connectivity index (χ0) is 18.5. The second kappa shape index (κ2) is 8.37. The van der Waals surface area contributed by atoms with Crippen LogP contribution in [0, 0.1) is 6.92 Å². The van der Waals surface area contributed by atoms with Crippen LogP contribution in [-0.2, 0) is 4.79 Å². The van der Waals surface area contributed by atoms with Gasteiger partial charge in [-0.05, 0) is 60.4 Å². The summed E-state index contributed by atoms with van der Waals surface area (Å²) >= 11 is 2.92. The quantitative estimate of drug-likeness (QED) is 0.651. The number of tetrazole rings is 1. The SMILES string of the molecule is CSc1ccccc1NC(=O)C(C)Sc1nnnn1-c1cccc(C)c1. The lowest BCUT2D eigenvalue weighted by Crippen LogP contribution is -2.23. The highest BCUT2D eigenvalue weighted by molar-refractivity contribution is 8.00. The van der Waals surface area contributed by atoms with Crippen molar-refractivity contribution < 1.29 is 4.79 Å². The smallest absolute Gasteiger partial charge is 0.237 e. The average Bonchev–Trinajstić information content (AvgIpc) is 3.10. The van der Waals surface area contributed by atoms with E-state index in [0.29, 0.717) is 5.16 Å². The molecule has 8 heteroatoms. The molecule has 1 heterocycles. The Morgan fingerprint density at radius 3 is 2.77 bits per heavy atom. The molecule has 0 aliphatic carbocycles. The first-order valence-corrected chi connectivity index (χ1v) is 10.1. The summed E-state index contributed by atoms with van der Waals surface area (Å²) in [6.45, 7) is 3.86. The molecule has 0 saturated carbocycles. The Hall–Kier alpha value is -2.32. The third-order valence-corrected chi connectivity index (χ3v) is 5.53. The first-order valence-electron chi connectivity index (χ1n) is 8.04. The van der Waals surface area contributed by atoms with Crippen LogP contribution in [0.1, 0.15) is 12.5 Å². The van der Waals surface area contributed by atoms with E-state index >= 15 is 0 Å². The van der Waals surface area contributed by atoms with E-state index < -0.39 is 0 Å². The number of aryl methyl sites for hydroxylation is 1. The fourth-order valence-corrected chi connectivity index (χ4v) is 3.73. The average molecular weight is 386 g/mol. The molecule has 3 aromatic rings. The molecule has 1 aromatic heterocycles. The van der Waals surface area contributed by atoms with Crippen molar-refractivity contribution >= 4 is 35.1 Å². The molecule has 0 aliphatic heterocycles. The fraction of sp³-hybridized carbons (Fsp3) is 0.222. The number of amides is 1. The first-order chi connectivity index (χ1) is 12.6. The minimum absolute atomic E-state index is 0.0877. The van der Waals surface area contributed by atoms with Crippen molar-refractivity contribution in [1.29, 1.82) is 0 Å². The summed E-state index contributed by atoms with van der Waals surface area (Å²) in [5.41, 5.74) is 2.81. The van der Waals surface area contributed by atoms with Crippen molar-refractivity contribution in [3.05, 3.63) is 54.1 Å². The zero-order valence-electron chi connectivity index (χ0n) is 14.7. The van der Waals surface area contributed by atoms with Crippen LogP contribution < -0.4 is 5.32 Å². The highest BCUT2D eigenvalue weighted by atomic mass is 32.2. The van der Waals surface area contributed by atoms with Crippen LogP contribution in [0.5, 0.6) is 0 Å². The Morgan fingerprint density at radius 1 is 1.19 bits per heavy atom. The third-order valence-electron chi connectivity index (χ3n) is 3.70. The van der Waals surface area contributed by atoms with Crippen LogP contribution in [0.3, 0.4) is 0 Å². The van der Waals surface area contributed by atoms with Crippen LogP contribution in [0.15, 0.2) is 58.6 Å². The number of carbonyl (C=O) groups excluding carboxylic acids is 1. The molecule has 0 fully saturated rings. The van der Waals surface area contributed by atoms with Gasteiger partial charge in [0.15, 0.2) is 0 Å². The molecule has 0 spiro atoms. The van der Waals surface area contributed by atoms with Gasteiger partial charge in [0, 0.05) is 4.90 Å². The van der Waals surface area contributed by atoms with Crippen LogP contribution in [0.25, 0.3) is 5.69 Å². The minimum Gasteiger partial charge on any atom is -0.324 e. The number of carbonyl (C=O) groups is 1. The molecule has 1 atom stereocenters. The van der Waals surface area contributed by atoms with E-state index in [0.717, 1.165) is 21.8 Å². The number of para-hydroxylation sites is 1. The van der Waals surface area contributed by atoms with Gasteiger partial charge < -0.3 is 5.32 Å². The lowest BCUT2D eigenvalue weighted by Gasteiger charge is -2.13. The lowest BCUT2D eigenvalue weighted by molar-refractivity contribution is -0.115. The summed E-state index contributed by atoms with van der Waals surface area (Å²) < 4.78 is 1.65. The van der Waals surface area contributed by atoms with Gasteiger partial charge in [0.25, 0.3) is 0 Å². The molecular weight excluding hydrogens is 366 g/mol. The van der Waals surface area contributed by atoms with E-state index in [9.17, 15) is 4.79 Å². The van der Waals surface area contributed by atoms with E-state index in [1.54, 1.807) is 16.4 Å². The van der Waals surface area contributed by atoms with Gasteiger partial charge in [0.05, 0.1) is 16.6 Å². The van der Waals surface area contributed by atoms with Gasteiger partial charge in [0.1, 0.15) is 0 Å². The number of hydrogen-bond donors (Lipinski definition) is 1. The van der Waals surface area contributed by atoms with Gasteiger partial charge in [-0.3, -0.25) is 4.79 Å². The minimum atomic E-state index is -0.348. The fourth-order valence-electron chi connectivity index (χ4n) is 2.37. The Bertz CT molecular complexity index is 912. The molecule has 0 bridgehead atoms. The maximum absolute atomic E-state index is 12.6. The van der Waals surface area contributed by atoms with Crippen LogP contribution in [0.2, 0.25) is 0 Å². The Balaban J connectivity index is 1.73. The maximum Gasteiger partial charge on any atom is 0.237 e. The molecule has 134 valence electrons. The number of aromatic nitrogens is 4. The van der Waals surface area contributed by atoms with Crippen molar-refractivity contribution in [2.45, 2.75) is 29.1 Å². The predicted octanol–water partition coefficient (Wildman–Crippen LogP) is 3.81. The summed E-state index contributed by atoms with van der Waals surface area (Å²) in [5, 5.41) is 15.1. The normalized spacial score (nSPS) is 12.0. The van der Waals surface area contributed by atoms with Crippen molar-refractivity contribution in [3.63, 3.8) is 0 Å². The van der Waals surface area contributed by atoms with Crippen LogP contribution in [-0.4, -0.2) is 37.6 Å². The molecular formula is C18H19N5OS2. The van der Waals surface area contributed by atoms with E-state index in [-0.39, 0.29) is 11.2 Å². The topological polar surface area (TPSA) is 72.7 Å². The number of hydrogen-bond acceptors (Lipinski definition) is 6. The number of anilines is 1. The van der Waals surface area contributed by atoms with Gasteiger partial charge in [-0.2, -0.15) is 4.68 Å². The second-order valence-corrected chi connectivity index (χ2v) is 7.82. The van der Waals surface area contributed by atoms with Crippen molar-refractivity contribution in [2.75, 3.05) is 11.6 Å². The van der Waals surface area contributed by atoms with Gasteiger partial charge in [-0.1, -0.05) is 36.0 Å². The Labute approximate surface area is 160 Å². The van der Waals surface area contributed by atoms with Gasteiger partial charge in [-0.15, -0.1) is 16.9 Å². The molecule has 2 aromatic carbocycles. The summed E-state index contributed by atoms with van der Waals surface area (Å²) in [6.07, 6.45) is 1.99. The number of nitrogens with zero attached hydrogens (tertiary/aromatic N) is 4. The van der Waals surface area contributed by atoms with Crippen molar-refractivity contribution in [2.24, 2.45) is 0 Å². The Kier molecular flexibility index (Phi) is 5.95. The summed E-state index contributed by atoms with van der Waals surface area (Å²) in [7, 11) is 0. The second-order valence-electron chi connectivity index (χ2n) is 5.66. The predicted molar refractivity (Wildman–Crippen MR) is 106 cm³/mol. The molecule has 1 amide bonds. The highest BCUT2D eigenvalue weighted by Gasteiger charge is 2.20. The molecule has 0 radical (unpaired) electrons. The van der Waals surface area contributed by atoms with E-state index in [4.69, 9.17) is 0 Å². The molecule has 26 heavy (non-hydrogen) atoms. The Morgan fingerprint density at radius 2 is 2.00 bits per heavy atom.